The second-order valence-electron chi connectivity index (χ2n) is 6.82. The summed E-state index contributed by atoms with van der Waals surface area (Å²) in [4.78, 5) is 26.3. The molecule has 0 bridgehead atoms. The van der Waals surface area contributed by atoms with E-state index < -0.39 is 0 Å². The third-order valence-corrected chi connectivity index (χ3v) is 4.14. The van der Waals surface area contributed by atoms with E-state index in [9.17, 15) is 4.79 Å². The van der Waals surface area contributed by atoms with Gasteiger partial charge >= 0.3 is 6.09 Å². The van der Waals surface area contributed by atoms with Gasteiger partial charge in [0.25, 0.3) is 0 Å². The Morgan fingerprint density at radius 3 is 2.63 bits per heavy atom. The number of aryl methyl sites for hydroxylation is 1. The lowest BCUT2D eigenvalue weighted by Crippen LogP contribution is -2.42. The first-order valence-corrected chi connectivity index (χ1v) is 9.13. The van der Waals surface area contributed by atoms with Crippen molar-refractivity contribution in [2.24, 2.45) is 0 Å². The van der Waals surface area contributed by atoms with Crippen LogP contribution in [0.4, 0.5) is 16.4 Å². The Hall–Kier alpha value is -2.90. The number of rotatable bonds is 5. The van der Waals surface area contributed by atoms with Crippen LogP contribution in [0.2, 0.25) is 0 Å². The molecule has 0 spiro atoms. The summed E-state index contributed by atoms with van der Waals surface area (Å²) >= 11 is 0. The molecule has 3 heterocycles. The summed E-state index contributed by atoms with van der Waals surface area (Å²) < 4.78 is 11.2. The smallest absolute Gasteiger partial charge is 0.410 e. The summed E-state index contributed by atoms with van der Waals surface area (Å²) in [6.07, 6.45) is 4.31. The molecule has 1 saturated heterocycles. The summed E-state index contributed by atoms with van der Waals surface area (Å²) in [5.74, 6) is 1.84. The lowest BCUT2D eigenvalue weighted by Gasteiger charge is -2.31. The number of nitrogens with zero attached hydrogens (tertiary/aromatic N) is 4. The predicted molar refractivity (Wildman–Crippen MR) is 101 cm³/mol. The zero-order chi connectivity index (χ0) is 19.2. The van der Waals surface area contributed by atoms with Crippen LogP contribution in [-0.2, 0) is 4.74 Å². The molecular weight excluding hydrogens is 346 g/mol. The summed E-state index contributed by atoms with van der Waals surface area (Å²) in [5.41, 5.74) is 1.11. The monoisotopic (exact) mass is 371 g/mol. The molecule has 2 aromatic heterocycles. The Morgan fingerprint density at radius 1 is 1.19 bits per heavy atom. The van der Waals surface area contributed by atoms with Crippen molar-refractivity contribution in [1.82, 2.24) is 19.9 Å². The number of hydrogen-bond donors (Lipinski definition) is 1. The van der Waals surface area contributed by atoms with E-state index in [-0.39, 0.29) is 18.3 Å². The first kappa shape index (κ1) is 18.9. The maximum Gasteiger partial charge on any atom is 0.410 e. The van der Waals surface area contributed by atoms with Crippen molar-refractivity contribution in [2.75, 3.05) is 18.4 Å². The number of hydrogen-bond acceptors (Lipinski definition) is 7. The zero-order valence-corrected chi connectivity index (χ0v) is 15.9. The normalized spacial score (nSPS) is 14.9. The van der Waals surface area contributed by atoms with Crippen LogP contribution in [0, 0.1) is 6.92 Å². The first-order chi connectivity index (χ1) is 13.0. The average Bonchev–Trinajstić information content (AvgIpc) is 2.62. The van der Waals surface area contributed by atoms with Gasteiger partial charge in [0, 0.05) is 38.2 Å². The topological polar surface area (TPSA) is 89.5 Å². The standard InChI is InChI=1S/C19H25N5O3/c1-13(2)26-19(25)24-8-5-15(6-9-24)27-18-11-17(21-12-22-18)23-16-10-14(3)4-7-20-16/h4,7,10-13,15H,5-6,8-9H2,1-3H3,(H,20,21,22,23). The number of carbonyl (C=O) groups excluding carboxylic acids is 1. The molecule has 1 aliphatic heterocycles. The number of carbonyl (C=O) groups is 1. The van der Waals surface area contributed by atoms with Crippen LogP contribution in [0.25, 0.3) is 0 Å². The highest BCUT2D eigenvalue weighted by Crippen LogP contribution is 2.21. The van der Waals surface area contributed by atoms with Crippen LogP contribution in [0.3, 0.4) is 0 Å². The Balaban J connectivity index is 1.54. The molecule has 0 unspecified atom stereocenters. The van der Waals surface area contributed by atoms with Crippen molar-refractivity contribution >= 4 is 17.7 Å². The van der Waals surface area contributed by atoms with Gasteiger partial charge in [0.15, 0.2) is 0 Å². The summed E-state index contributed by atoms with van der Waals surface area (Å²) in [5, 5.41) is 3.15. The molecule has 3 rings (SSSR count). The molecule has 0 atom stereocenters. The molecule has 0 aromatic carbocycles. The number of ether oxygens (including phenoxy) is 2. The quantitative estimate of drug-likeness (QED) is 0.862. The van der Waals surface area contributed by atoms with Gasteiger partial charge in [-0.15, -0.1) is 0 Å². The van der Waals surface area contributed by atoms with E-state index in [1.54, 1.807) is 17.2 Å². The fourth-order valence-corrected chi connectivity index (χ4v) is 2.81. The van der Waals surface area contributed by atoms with Gasteiger partial charge in [-0.05, 0) is 38.5 Å². The fraction of sp³-hybridized carbons (Fsp3) is 0.474. The maximum absolute atomic E-state index is 11.9. The predicted octanol–water partition coefficient (Wildman–Crippen LogP) is 3.31. The fourth-order valence-electron chi connectivity index (χ4n) is 2.81. The number of nitrogens with one attached hydrogen (secondary N) is 1. The van der Waals surface area contributed by atoms with Crippen molar-refractivity contribution in [3.8, 4) is 5.88 Å². The van der Waals surface area contributed by atoms with Crippen molar-refractivity contribution in [3.63, 3.8) is 0 Å². The third kappa shape index (κ3) is 5.54. The van der Waals surface area contributed by atoms with E-state index >= 15 is 0 Å². The van der Waals surface area contributed by atoms with Crippen molar-refractivity contribution in [3.05, 3.63) is 36.3 Å². The van der Waals surface area contributed by atoms with Gasteiger partial charge in [-0.2, -0.15) is 0 Å². The first-order valence-electron chi connectivity index (χ1n) is 9.13. The number of likely N-dealkylation sites (tertiary alicyclic amines) is 1. The molecule has 0 aliphatic carbocycles. The molecule has 1 fully saturated rings. The van der Waals surface area contributed by atoms with Gasteiger partial charge in [0.2, 0.25) is 5.88 Å². The van der Waals surface area contributed by atoms with Crippen LogP contribution in [-0.4, -0.2) is 51.2 Å². The van der Waals surface area contributed by atoms with E-state index in [1.807, 2.05) is 32.9 Å². The molecule has 1 aliphatic rings. The molecule has 144 valence electrons. The Labute approximate surface area is 158 Å². The highest BCUT2D eigenvalue weighted by molar-refractivity contribution is 5.67. The van der Waals surface area contributed by atoms with Crippen molar-refractivity contribution in [2.45, 2.75) is 45.8 Å². The average molecular weight is 371 g/mol. The lowest BCUT2D eigenvalue weighted by atomic mass is 10.1. The SMILES string of the molecule is Cc1ccnc(Nc2cc(OC3CCN(C(=O)OC(C)C)CC3)ncn2)c1. The van der Waals surface area contributed by atoms with E-state index in [1.165, 1.54) is 6.33 Å². The second kappa shape index (κ2) is 8.66. The summed E-state index contributed by atoms with van der Waals surface area (Å²) in [7, 11) is 0. The molecule has 1 amide bonds. The number of anilines is 2. The minimum Gasteiger partial charge on any atom is -0.474 e. The van der Waals surface area contributed by atoms with Crippen LogP contribution in [0.15, 0.2) is 30.7 Å². The molecule has 27 heavy (non-hydrogen) atoms. The molecule has 0 radical (unpaired) electrons. The van der Waals surface area contributed by atoms with E-state index in [0.717, 1.165) is 24.2 Å². The van der Waals surface area contributed by atoms with Crippen LogP contribution in [0.1, 0.15) is 32.3 Å². The highest BCUT2D eigenvalue weighted by atomic mass is 16.6. The van der Waals surface area contributed by atoms with Crippen LogP contribution in [0.5, 0.6) is 5.88 Å². The zero-order valence-electron chi connectivity index (χ0n) is 15.9. The van der Waals surface area contributed by atoms with Gasteiger partial charge < -0.3 is 19.7 Å². The van der Waals surface area contributed by atoms with Crippen LogP contribution >= 0.6 is 0 Å². The van der Waals surface area contributed by atoms with Gasteiger partial charge in [-0.25, -0.2) is 19.7 Å². The van der Waals surface area contributed by atoms with Gasteiger partial charge in [0.1, 0.15) is 24.1 Å². The van der Waals surface area contributed by atoms with E-state index in [4.69, 9.17) is 9.47 Å². The lowest BCUT2D eigenvalue weighted by molar-refractivity contribution is 0.0507. The minimum absolute atomic E-state index is 0.00736. The maximum atomic E-state index is 11.9. The Kier molecular flexibility index (Phi) is 6.05. The van der Waals surface area contributed by atoms with Gasteiger partial charge in [0.05, 0.1) is 6.10 Å². The molecule has 1 N–H and O–H groups in total. The second-order valence-corrected chi connectivity index (χ2v) is 6.82. The molecule has 8 nitrogen and oxygen atoms in total. The molecule has 2 aromatic rings. The molecule has 8 heteroatoms. The van der Waals surface area contributed by atoms with Crippen molar-refractivity contribution < 1.29 is 14.3 Å². The van der Waals surface area contributed by atoms with Gasteiger partial charge in [-0.3, -0.25) is 0 Å². The Bertz CT molecular complexity index is 775. The number of aromatic nitrogens is 3. The highest BCUT2D eigenvalue weighted by Gasteiger charge is 2.25. The van der Waals surface area contributed by atoms with Crippen molar-refractivity contribution in [1.29, 1.82) is 0 Å². The molecule has 0 saturated carbocycles. The van der Waals surface area contributed by atoms with Gasteiger partial charge in [-0.1, -0.05) is 0 Å². The van der Waals surface area contributed by atoms with E-state index in [2.05, 4.69) is 20.3 Å². The number of amides is 1. The molecular formula is C19H25N5O3. The number of pyridine rings is 1. The Morgan fingerprint density at radius 2 is 1.93 bits per heavy atom. The number of piperidine rings is 1. The van der Waals surface area contributed by atoms with Crippen LogP contribution < -0.4 is 10.1 Å². The third-order valence-electron chi connectivity index (χ3n) is 4.14. The summed E-state index contributed by atoms with van der Waals surface area (Å²) in [6.45, 7) is 6.92. The van der Waals surface area contributed by atoms with E-state index in [0.29, 0.717) is 24.8 Å². The summed E-state index contributed by atoms with van der Waals surface area (Å²) in [6, 6.07) is 5.63. The largest absolute Gasteiger partial charge is 0.474 e. The minimum atomic E-state index is -0.261.